The molecule has 1 atom stereocenters. The number of H-pyrrole nitrogens is 1. The average molecular weight is 245 g/mol. The maximum Gasteiger partial charge on any atom is 0.267 e. The van der Waals surface area contributed by atoms with Crippen LogP contribution in [0, 0.1) is 5.92 Å². The van der Waals surface area contributed by atoms with Gasteiger partial charge >= 0.3 is 0 Å². The minimum absolute atomic E-state index is 0.292. The standard InChI is InChI=1S/C13H15N3O2/c14-12(17)11-2-1-9-6-10(15-13(9)16-11)5-8-3-4-18-7-8/h1-2,6,8H,3-5,7H2,(H2,14,17)(H,15,16). The molecule has 5 nitrogen and oxygen atoms in total. The van der Waals surface area contributed by atoms with E-state index in [4.69, 9.17) is 10.5 Å². The molecule has 0 saturated carbocycles. The summed E-state index contributed by atoms with van der Waals surface area (Å²) < 4.78 is 5.36. The Hall–Kier alpha value is -1.88. The Kier molecular flexibility index (Phi) is 2.76. The van der Waals surface area contributed by atoms with Crippen LogP contribution in [0.5, 0.6) is 0 Å². The van der Waals surface area contributed by atoms with Crippen LogP contribution in [0.25, 0.3) is 11.0 Å². The number of carbonyl (C=O) groups is 1. The highest BCUT2D eigenvalue weighted by Crippen LogP contribution is 2.21. The van der Waals surface area contributed by atoms with E-state index >= 15 is 0 Å². The Morgan fingerprint density at radius 2 is 2.44 bits per heavy atom. The summed E-state index contributed by atoms with van der Waals surface area (Å²) in [6.07, 6.45) is 2.07. The predicted molar refractivity (Wildman–Crippen MR) is 67.2 cm³/mol. The van der Waals surface area contributed by atoms with Gasteiger partial charge < -0.3 is 15.5 Å². The molecule has 0 spiro atoms. The van der Waals surface area contributed by atoms with E-state index in [9.17, 15) is 4.79 Å². The number of nitrogens with zero attached hydrogens (tertiary/aromatic N) is 1. The van der Waals surface area contributed by atoms with Gasteiger partial charge in [-0.15, -0.1) is 0 Å². The van der Waals surface area contributed by atoms with Crippen molar-refractivity contribution < 1.29 is 9.53 Å². The Morgan fingerprint density at radius 1 is 1.56 bits per heavy atom. The lowest BCUT2D eigenvalue weighted by Gasteiger charge is -2.03. The zero-order chi connectivity index (χ0) is 12.5. The number of nitrogens with two attached hydrogens (primary N) is 1. The van der Waals surface area contributed by atoms with Crippen molar-refractivity contribution in [3.8, 4) is 0 Å². The molecule has 1 aliphatic rings. The second-order valence-corrected chi connectivity index (χ2v) is 4.73. The lowest BCUT2D eigenvalue weighted by Crippen LogP contribution is -2.12. The van der Waals surface area contributed by atoms with Gasteiger partial charge in [0.25, 0.3) is 5.91 Å². The number of pyridine rings is 1. The Labute approximate surface area is 104 Å². The van der Waals surface area contributed by atoms with Gasteiger partial charge in [0.1, 0.15) is 11.3 Å². The van der Waals surface area contributed by atoms with Crippen LogP contribution in [-0.2, 0) is 11.2 Å². The molecule has 1 amide bonds. The molecule has 0 aromatic carbocycles. The zero-order valence-electron chi connectivity index (χ0n) is 9.98. The van der Waals surface area contributed by atoms with Crippen molar-refractivity contribution in [1.29, 1.82) is 0 Å². The first-order valence-corrected chi connectivity index (χ1v) is 6.08. The number of aromatic amines is 1. The van der Waals surface area contributed by atoms with Crippen LogP contribution < -0.4 is 5.73 Å². The van der Waals surface area contributed by atoms with Crippen LogP contribution in [0.4, 0.5) is 0 Å². The number of ether oxygens (including phenoxy) is 1. The number of primary amides is 1. The SMILES string of the molecule is NC(=O)c1ccc2cc(CC3CCOC3)[nH]c2n1. The number of fused-ring (bicyclic) bond motifs is 1. The van der Waals surface area contributed by atoms with E-state index in [2.05, 4.69) is 16.0 Å². The number of hydrogen-bond donors (Lipinski definition) is 2. The van der Waals surface area contributed by atoms with Crippen LogP contribution in [0.1, 0.15) is 22.6 Å². The maximum absolute atomic E-state index is 11.1. The van der Waals surface area contributed by atoms with Crippen LogP contribution in [0.2, 0.25) is 0 Å². The molecule has 3 rings (SSSR count). The maximum atomic E-state index is 11.1. The highest BCUT2D eigenvalue weighted by atomic mass is 16.5. The Morgan fingerprint density at radius 3 is 3.17 bits per heavy atom. The summed E-state index contributed by atoms with van der Waals surface area (Å²) >= 11 is 0. The largest absolute Gasteiger partial charge is 0.381 e. The molecule has 1 fully saturated rings. The van der Waals surface area contributed by atoms with Gasteiger partial charge in [-0.25, -0.2) is 4.98 Å². The van der Waals surface area contributed by atoms with E-state index in [0.717, 1.165) is 42.8 Å². The molecule has 0 aliphatic carbocycles. The van der Waals surface area contributed by atoms with Crippen molar-refractivity contribution >= 4 is 16.9 Å². The molecule has 3 N–H and O–H groups in total. The normalized spacial score (nSPS) is 19.4. The van der Waals surface area contributed by atoms with Crippen molar-refractivity contribution in [2.75, 3.05) is 13.2 Å². The van der Waals surface area contributed by atoms with Crippen molar-refractivity contribution in [1.82, 2.24) is 9.97 Å². The molecule has 18 heavy (non-hydrogen) atoms. The highest BCUT2D eigenvalue weighted by Gasteiger charge is 2.17. The van der Waals surface area contributed by atoms with Gasteiger partial charge in [0.2, 0.25) is 0 Å². The third-order valence-electron chi connectivity index (χ3n) is 3.32. The molecule has 1 unspecified atom stereocenters. The number of rotatable bonds is 3. The lowest BCUT2D eigenvalue weighted by atomic mass is 10.0. The molecule has 1 aliphatic heterocycles. The summed E-state index contributed by atoms with van der Waals surface area (Å²) in [4.78, 5) is 18.5. The summed E-state index contributed by atoms with van der Waals surface area (Å²) in [5.74, 6) is 0.0749. The van der Waals surface area contributed by atoms with E-state index in [0.29, 0.717) is 11.6 Å². The predicted octanol–water partition coefficient (Wildman–Crippen LogP) is 1.24. The fourth-order valence-corrected chi connectivity index (χ4v) is 2.36. The molecule has 0 bridgehead atoms. The summed E-state index contributed by atoms with van der Waals surface area (Å²) in [5, 5.41) is 1.01. The van der Waals surface area contributed by atoms with E-state index in [1.54, 1.807) is 6.07 Å². The minimum Gasteiger partial charge on any atom is -0.381 e. The van der Waals surface area contributed by atoms with E-state index in [1.807, 2.05) is 6.07 Å². The molecule has 2 aromatic rings. The minimum atomic E-state index is -0.503. The van der Waals surface area contributed by atoms with Gasteiger partial charge in [0.15, 0.2) is 0 Å². The average Bonchev–Trinajstić information content (AvgIpc) is 2.96. The molecule has 3 heterocycles. The van der Waals surface area contributed by atoms with Gasteiger partial charge in [-0.05, 0) is 37.0 Å². The number of amides is 1. The fourth-order valence-electron chi connectivity index (χ4n) is 2.36. The summed E-state index contributed by atoms with van der Waals surface area (Å²) in [6.45, 7) is 1.68. The Balaban J connectivity index is 1.87. The topological polar surface area (TPSA) is 81.0 Å². The van der Waals surface area contributed by atoms with Gasteiger partial charge in [-0.2, -0.15) is 0 Å². The van der Waals surface area contributed by atoms with Crippen LogP contribution >= 0.6 is 0 Å². The molecule has 2 aromatic heterocycles. The van der Waals surface area contributed by atoms with Gasteiger partial charge in [0.05, 0.1) is 0 Å². The van der Waals surface area contributed by atoms with E-state index < -0.39 is 5.91 Å². The van der Waals surface area contributed by atoms with E-state index in [-0.39, 0.29) is 0 Å². The molecular weight excluding hydrogens is 230 g/mol. The quantitative estimate of drug-likeness (QED) is 0.853. The van der Waals surface area contributed by atoms with Crippen molar-refractivity contribution in [2.45, 2.75) is 12.8 Å². The van der Waals surface area contributed by atoms with Gasteiger partial charge in [0, 0.05) is 24.3 Å². The smallest absolute Gasteiger partial charge is 0.267 e. The monoisotopic (exact) mass is 245 g/mol. The van der Waals surface area contributed by atoms with Crippen LogP contribution in [-0.4, -0.2) is 29.1 Å². The van der Waals surface area contributed by atoms with Crippen molar-refractivity contribution in [3.05, 3.63) is 29.6 Å². The summed E-state index contributed by atoms with van der Waals surface area (Å²) in [5.41, 5.74) is 7.36. The molecule has 1 saturated heterocycles. The second-order valence-electron chi connectivity index (χ2n) is 4.73. The van der Waals surface area contributed by atoms with Crippen LogP contribution in [0.3, 0.4) is 0 Å². The highest BCUT2D eigenvalue weighted by molar-refractivity contribution is 5.93. The van der Waals surface area contributed by atoms with Gasteiger partial charge in [-0.3, -0.25) is 4.79 Å². The third kappa shape index (κ3) is 2.09. The Bertz CT molecular complexity index is 585. The number of nitrogens with one attached hydrogen (secondary N) is 1. The lowest BCUT2D eigenvalue weighted by molar-refractivity contribution is 0.0996. The molecule has 94 valence electrons. The fraction of sp³-hybridized carbons (Fsp3) is 0.385. The third-order valence-corrected chi connectivity index (χ3v) is 3.32. The van der Waals surface area contributed by atoms with Crippen LogP contribution in [0.15, 0.2) is 18.2 Å². The second kappa shape index (κ2) is 4.42. The number of carbonyl (C=O) groups excluding carboxylic acids is 1. The number of hydrogen-bond acceptors (Lipinski definition) is 3. The zero-order valence-corrected chi connectivity index (χ0v) is 9.98. The summed E-state index contributed by atoms with van der Waals surface area (Å²) in [6, 6.07) is 5.60. The van der Waals surface area contributed by atoms with E-state index in [1.165, 1.54) is 0 Å². The first-order valence-electron chi connectivity index (χ1n) is 6.08. The van der Waals surface area contributed by atoms with Gasteiger partial charge in [-0.1, -0.05) is 0 Å². The summed E-state index contributed by atoms with van der Waals surface area (Å²) in [7, 11) is 0. The molecule has 5 heteroatoms. The first-order chi connectivity index (χ1) is 8.72. The first kappa shape index (κ1) is 11.2. The molecular formula is C13H15N3O2. The number of aromatic nitrogens is 2. The van der Waals surface area contributed by atoms with Crippen molar-refractivity contribution in [3.63, 3.8) is 0 Å². The van der Waals surface area contributed by atoms with Crippen molar-refractivity contribution in [2.24, 2.45) is 11.7 Å². The molecule has 0 radical (unpaired) electrons.